The van der Waals surface area contributed by atoms with Crippen LogP contribution in [-0.2, 0) is 6.42 Å². The van der Waals surface area contributed by atoms with Gasteiger partial charge < -0.3 is 9.84 Å². The number of aliphatic hydroxyl groups is 1. The molecule has 1 unspecified atom stereocenters. The Labute approximate surface area is 112 Å². The zero-order chi connectivity index (χ0) is 14.7. The molecule has 1 heterocycles. The summed E-state index contributed by atoms with van der Waals surface area (Å²) in [5.41, 5.74) is 0.0509. The maximum atomic E-state index is 13.5. The van der Waals surface area contributed by atoms with E-state index in [2.05, 4.69) is 9.97 Å². The van der Waals surface area contributed by atoms with Crippen LogP contribution in [0.1, 0.15) is 17.4 Å². The minimum Gasteiger partial charge on any atom is -0.481 e. The Morgan fingerprint density at radius 2 is 1.95 bits per heavy atom. The molecule has 0 saturated heterocycles. The maximum absolute atomic E-state index is 13.5. The SMILES string of the molecule is COc1cc(CC(O)c2ccc(F)c(F)c2F)ncn1. The highest BCUT2D eigenvalue weighted by Gasteiger charge is 2.20. The number of nitrogens with zero attached hydrogens (tertiary/aromatic N) is 2. The minimum atomic E-state index is -1.61. The van der Waals surface area contributed by atoms with Crippen molar-refractivity contribution in [2.45, 2.75) is 12.5 Å². The van der Waals surface area contributed by atoms with Gasteiger partial charge in [0.05, 0.1) is 18.9 Å². The summed E-state index contributed by atoms with van der Waals surface area (Å²) in [4.78, 5) is 7.66. The number of aliphatic hydroxyl groups excluding tert-OH is 1. The lowest BCUT2D eigenvalue weighted by molar-refractivity contribution is 0.170. The quantitative estimate of drug-likeness (QED) is 0.874. The fourth-order valence-electron chi connectivity index (χ4n) is 1.71. The van der Waals surface area contributed by atoms with Crippen LogP contribution in [0, 0.1) is 17.5 Å². The van der Waals surface area contributed by atoms with Gasteiger partial charge in [-0.2, -0.15) is 0 Å². The second-order valence-corrected chi connectivity index (χ2v) is 4.04. The Morgan fingerprint density at radius 1 is 1.20 bits per heavy atom. The molecule has 1 aromatic heterocycles. The van der Waals surface area contributed by atoms with Crippen LogP contribution >= 0.6 is 0 Å². The van der Waals surface area contributed by atoms with Gasteiger partial charge in [0.1, 0.15) is 6.33 Å². The molecule has 0 aliphatic rings. The molecule has 0 fully saturated rings. The predicted octanol–water partition coefficient (Wildman–Crippen LogP) is 2.18. The van der Waals surface area contributed by atoms with Crippen LogP contribution in [0.5, 0.6) is 5.88 Å². The highest BCUT2D eigenvalue weighted by molar-refractivity contribution is 5.24. The van der Waals surface area contributed by atoms with E-state index >= 15 is 0 Å². The van der Waals surface area contributed by atoms with Gasteiger partial charge >= 0.3 is 0 Å². The fraction of sp³-hybridized carbons (Fsp3) is 0.231. The molecule has 2 aromatic rings. The van der Waals surface area contributed by atoms with Crippen molar-refractivity contribution >= 4 is 0 Å². The zero-order valence-electron chi connectivity index (χ0n) is 10.5. The van der Waals surface area contributed by atoms with Crippen LogP contribution in [0.25, 0.3) is 0 Å². The van der Waals surface area contributed by atoms with Crippen LogP contribution in [0.4, 0.5) is 13.2 Å². The molecule has 0 spiro atoms. The molecule has 1 atom stereocenters. The van der Waals surface area contributed by atoms with Crippen molar-refractivity contribution in [3.8, 4) is 5.88 Å². The van der Waals surface area contributed by atoms with E-state index in [-0.39, 0.29) is 17.9 Å². The van der Waals surface area contributed by atoms with E-state index in [0.717, 1.165) is 12.1 Å². The van der Waals surface area contributed by atoms with Crippen molar-refractivity contribution in [2.75, 3.05) is 7.11 Å². The number of methoxy groups -OCH3 is 1. The topological polar surface area (TPSA) is 55.2 Å². The van der Waals surface area contributed by atoms with Crippen LogP contribution < -0.4 is 4.74 Å². The third-order valence-corrected chi connectivity index (χ3v) is 2.73. The lowest BCUT2D eigenvalue weighted by Crippen LogP contribution is -2.08. The third kappa shape index (κ3) is 2.88. The Morgan fingerprint density at radius 3 is 2.65 bits per heavy atom. The Hall–Kier alpha value is -2.15. The number of rotatable bonds is 4. The van der Waals surface area contributed by atoms with Crippen LogP contribution in [-0.4, -0.2) is 22.2 Å². The van der Waals surface area contributed by atoms with Gasteiger partial charge in [-0.1, -0.05) is 6.07 Å². The van der Waals surface area contributed by atoms with Crippen molar-refractivity contribution < 1.29 is 23.0 Å². The highest BCUT2D eigenvalue weighted by Crippen LogP contribution is 2.24. The van der Waals surface area contributed by atoms with Gasteiger partial charge in [-0.15, -0.1) is 0 Å². The summed E-state index contributed by atoms with van der Waals surface area (Å²) in [6, 6.07) is 3.22. The Bertz CT molecular complexity index is 623. The van der Waals surface area contributed by atoms with Crippen molar-refractivity contribution in [3.05, 3.63) is 53.2 Å². The zero-order valence-corrected chi connectivity index (χ0v) is 10.5. The first kappa shape index (κ1) is 14.3. The van der Waals surface area contributed by atoms with Gasteiger partial charge in [0.15, 0.2) is 17.5 Å². The van der Waals surface area contributed by atoms with Gasteiger partial charge in [-0.25, -0.2) is 23.1 Å². The third-order valence-electron chi connectivity index (χ3n) is 2.73. The molecule has 106 valence electrons. The second-order valence-electron chi connectivity index (χ2n) is 4.04. The molecule has 0 saturated carbocycles. The van der Waals surface area contributed by atoms with Crippen LogP contribution in [0.15, 0.2) is 24.5 Å². The minimum absolute atomic E-state index is 0.0825. The average molecular weight is 284 g/mol. The van der Waals surface area contributed by atoms with Crippen LogP contribution in [0.3, 0.4) is 0 Å². The van der Waals surface area contributed by atoms with Gasteiger partial charge in [0.2, 0.25) is 5.88 Å². The second kappa shape index (κ2) is 5.87. The smallest absolute Gasteiger partial charge is 0.216 e. The molecule has 0 aliphatic heterocycles. The van der Waals surface area contributed by atoms with E-state index in [1.165, 1.54) is 19.5 Å². The van der Waals surface area contributed by atoms with Crippen molar-refractivity contribution in [1.82, 2.24) is 9.97 Å². The number of halogens is 3. The molecule has 1 aromatic carbocycles. The standard InChI is InChI=1S/C13H11F3N2O2/c1-20-11-5-7(17-6-18-11)4-10(19)8-2-3-9(14)13(16)12(8)15/h2-3,5-6,10,19H,4H2,1H3. The summed E-state index contributed by atoms with van der Waals surface area (Å²) >= 11 is 0. The number of benzene rings is 1. The van der Waals surface area contributed by atoms with Gasteiger partial charge in [0, 0.05) is 18.1 Å². The van der Waals surface area contributed by atoms with E-state index in [0.29, 0.717) is 5.69 Å². The van der Waals surface area contributed by atoms with Crippen LogP contribution in [0.2, 0.25) is 0 Å². The molecular weight excluding hydrogens is 273 g/mol. The molecule has 7 heteroatoms. The first-order chi connectivity index (χ1) is 9.52. The van der Waals surface area contributed by atoms with E-state index in [9.17, 15) is 18.3 Å². The van der Waals surface area contributed by atoms with Gasteiger partial charge in [-0.3, -0.25) is 0 Å². The Balaban J connectivity index is 2.23. The number of ether oxygens (including phenoxy) is 1. The molecular formula is C13H11F3N2O2. The van der Waals surface area contributed by atoms with Crippen molar-refractivity contribution in [3.63, 3.8) is 0 Å². The molecule has 0 bridgehead atoms. The summed E-state index contributed by atoms with van der Waals surface area (Å²) in [5.74, 6) is -4.03. The van der Waals surface area contributed by atoms with Gasteiger partial charge in [-0.05, 0) is 6.07 Å². The van der Waals surface area contributed by atoms with E-state index in [1.54, 1.807) is 0 Å². The molecule has 20 heavy (non-hydrogen) atoms. The predicted molar refractivity (Wildman–Crippen MR) is 63.6 cm³/mol. The summed E-state index contributed by atoms with van der Waals surface area (Å²) < 4.78 is 44.3. The van der Waals surface area contributed by atoms with E-state index in [1.807, 2.05) is 0 Å². The summed E-state index contributed by atoms with van der Waals surface area (Å²) in [7, 11) is 1.41. The maximum Gasteiger partial charge on any atom is 0.216 e. The van der Waals surface area contributed by atoms with Gasteiger partial charge in [0.25, 0.3) is 0 Å². The summed E-state index contributed by atoms with van der Waals surface area (Å²) in [6.07, 6.45) is -0.215. The summed E-state index contributed by atoms with van der Waals surface area (Å²) in [5, 5.41) is 9.90. The van der Waals surface area contributed by atoms with Crippen molar-refractivity contribution in [2.24, 2.45) is 0 Å². The first-order valence-electron chi connectivity index (χ1n) is 5.69. The number of hydrogen-bond acceptors (Lipinski definition) is 4. The first-order valence-corrected chi connectivity index (χ1v) is 5.69. The molecule has 0 aliphatic carbocycles. The molecule has 4 nitrogen and oxygen atoms in total. The normalized spacial score (nSPS) is 12.2. The van der Waals surface area contributed by atoms with E-state index < -0.39 is 23.6 Å². The van der Waals surface area contributed by atoms with E-state index in [4.69, 9.17) is 4.74 Å². The number of hydrogen-bond donors (Lipinski definition) is 1. The highest BCUT2D eigenvalue weighted by atomic mass is 19.2. The summed E-state index contributed by atoms with van der Waals surface area (Å²) in [6.45, 7) is 0. The molecule has 1 N–H and O–H groups in total. The average Bonchev–Trinajstić information content (AvgIpc) is 2.45. The molecule has 0 amide bonds. The Kier molecular flexibility index (Phi) is 4.19. The van der Waals surface area contributed by atoms with Crippen molar-refractivity contribution in [1.29, 1.82) is 0 Å². The molecule has 0 radical (unpaired) electrons. The largest absolute Gasteiger partial charge is 0.481 e. The lowest BCUT2D eigenvalue weighted by atomic mass is 10.0. The monoisotopic (exact) mass is 284 g/mol. The lowest BCUT2D eigenvalue weighted by Gasteiger charge is -2.12. The number of aromatic nitrogens is 2. The molecule has 2 rings (SSSR count). The fourth-order valence-corrected chi connectivity index (χ4v) is 1.71.